The summed E-state index contributed by atoms with van der Waals surface area (Å²) in [7, 11) is -9.87. The molecular weight excluding hydrogens is 1090 g/mol. The number of esters is 4. The molecule has 0 bridgehead atoms. The third kappa shape index (κ3) is 57.2. The molecular formula is C63H122O17P2. The zero-order valence-corrected chi connectivity index (χ0v) is 54.2. The molecule has 0 aromatic carbocycles. The van der Waals surface area contributed by atoms with Gasteiger partial charge in [-0.2, -0.15) is 0 Å². The number of rotatable bonds is 64. The smallest absolute Gasteiger partial charge is 0.462 e. The molecule has 0 heterocycles. The average Bonchev–Trinajstić information content (AvgIpc) is 3.47. The van der Waals surface area contributed by atoms with Crippen molar-refractivity contribution in [2.24, 2.45) is 0 Å². The number of hydrogen-bond donors (Lipinski definition) is 3. The molecule has 0 aromatic heterocycles. The van der Waals surface area contributed by atoms with Crippen LogP contribution >= 0.6 is 15.6 Å². The molecule has 0 spiro atoms. The van der Waals surface area contributed by atoms with Crippen LogP contribution in [0.1, 0.15) is 323 Å². The molecule has 2 unspecified atom stereocenters. The summed E-state index contributed by atoms with van der Waals surface area (Å²) in [4.78, 5) is 71.9. The van der Waals surface area contributed by atoms with Crippen LogP contribution in [0.25, 0.3) is 0 Å². The van der Waals surface area contributed by atoms with Gasteiger partial charge in [-0.05, 0) is 25.7 Å². The largest absolute Gasteiger partial charge is 0.472 e. The van der Waals surface area contributed by atoms with Crippen LogP contribution in [-0.4, -0.2) is 96.7 Å². The zero-order valence-electron chi connectivity index (χ0n) is 52.5. The lowest BCUT2D eigenvalue weighted by molar-refractivity contribution is -0.161. The second kappa shape index (κ2) is 58.1. The highest BCUT2D eigenvalue weighted by atomic mass is 31.2. The predicted octanol–water partition coefficient (Wildman–Crippen LogP) is 17.5. The van der Waals surface area contributed by atoms with Gasteiger partial charge in [-0.3, -0.25) is 37.3 Å². The first-order valence-electron chi connectivity index (χ1n) is 33.3. The Morgan fingerprint density at radius 3 is 0.720 bits per heavy atom. The van der Waals surface area contributed by atoms with Crippen LogP contribution in [0.3, 0.4) is 0 Å². The number of phosphoric ester groups is 2. The molecule has 19 heteroatoms. The number of aliphatic hydroxyl groups is 1. The van der Waals surface area contributed by atoms with Crippen molar-refractivity contribution >= 4 is 39.5 Å². The Kier molecular flexibility index (Phi) is 56.7. The SMILES string of the molecule is CCCCCCCCCCCCCCCCCCC(=O)O[C@H](COC(=O)CCCCCCCCCCCCCC)COP(=O)(O)OC[C@@H](O)COP(=O)(O)OC[C@@H](COC(=O)CCCCCCC)OC(=O)CCCCCCCCCCC. The van der Waals surface area contributed by atoms with Crippen LogP contribution < -0.4 is 0 Å². The first-order chi connectivity index (χ1) is 39.7. The fourth-order valence-corrected chi connectivity index (χ4v) is 11.0. The molecule has 0 aliphatic rings. The molecule has 5 atom stereocenters. The summed E-state index contributed by atoms with van der Waals surface area (Å²) >= 11 is 0. The van der Waals surface area contributed by atoms with Gasteiger partial charge in [-0.15, -0.1) is 0 Å². The topological polar surface area (TPSA) is 237 Å². The highest BCUT2D eigenvalue weighted by Crippen LogP contribution is 2.45. The molecule has 82 heavy (non-hydrogen) atoms. The van der Waals surface area contributed by atoms with E-state index in [2.05, 4.69) is 27.7 Å². The predicted molar refractivity (Wildman–Crippen MR) is 326 cm³/mol. The maximum absolute atomic E-state index is 13.0. The maximum Gasteiger partial charge on any atom is 0.472 e. The minimum Gasteiger partial charge on any atom is -0.462 e. The Balaban J connectivity index is 5.15. The van der Waals surface area contributed by atoms with E-state index in [0.717, 1.165) is 96.3 Å². The Morgan fingerprint density at radius 2 is 0.488 bits per heavy atom. The number of phosphoric acid groups is 2. The molecule has 3 N–H and O–H groups in total. The molecule has 0 aromatic rings. The standard InChI is InChI=1S/C63H122O17P2/c1-5-9-13-17-20-23-25-27-28-29-30-32-35-38-42-46-50-63(68)80-59(54-74-61(66)48-44-40-36-34-31-26-24-21-18-14-10-6-2)56-78-82(71,72)76-52-57(64)51-75-81(69,70)77-55-58(53-73-60(65)47-43-39-16-12-8-4)79-62(67)49-45-41-37-33-22-19-15-11-7-3/h57-59,64H,5-56H2,1-4H3,(H,69,70)(H,71,72)/t57-,58+,59+/m0/s1. The molecule has 17 nitrogen and oxygen atoms in total. The number of unbranched alkanes of at least 4 members (excludes halogenated alkanes) is 38. The molecule has 0 saturated heterocycles. The van der Waals surface area contributed by atoms with E-state index in [4.69, 9.17) is 37.0 Å². The number of carbonyl (C=O) groups excluding carboxylic acids is 4. The number of carbonyl (C=O) groups is 4. The Hall–Kier alpha value is -1.94. The van der Waals surface area contributed by atoms with Crippen molar-refractivity contribution in [1.82, 2.24) is 0 Å². The second-order valence-electron chi connectivity index (χ2n) is 22.8. The summed E-state index contributed by atoms with van der Waals surface area (Å²) in [5.41, 5.74) is 0. The van der Waals surface area contributed by atoms with Crippen molar-refractivity contribution in [2.75, 3.05) is 39.6 Å². The monoisotopic (exact) mass is 1210 g/mol. The van der Waals surface area contributed by atoms with Gasteiger partial charge in [0.1, 0.15) is 19.3 Å². The molecule has 0 amide bonds. The highest BCUT2D eigenvalue weighted by Gasteiger charge is 2.30. The minimum absolute atomic E-state index is 0.105. The van der Waals surface area contributed by atoms with Gasteiger partial charge in [0.2, 0.25) is 0 Å². The van der Waals surface area contributed by atoms with Gasteiger partial charge >= 0.3 is 39.5 Å². The van der Waals surface area contributed by atoms with Gasteiger partial charge in [-0.25, -0.2) is 9.13 Å². The maximum atomic E-state index is 13.0. The van der Waals surface area contributed by atoms with Crippen LogP contribution in [0, 0.1) is 0 Å². The van der Waals surface area contributed by atoms with E-state index in [-0.39, 0.29) is 25.7 Å². The van der Waals surface area contributed by atoms with E-state index in [0.29, 0.717) is 25.7 Å². The average molecular weight is 1210 g/mol. The van der Waals surface area contributed by atoms with Crippen molar-refractivity contribution in [3.8, 4) is 0 Å². The van der Waals surface area contributed by atoms with Gasteiger partial charge in [-0.1, -0.05) is 272 Å². The lowest BCUT2D eigenvalue weighted by Crippen LogP contribution is -2.30. The van der Waals surface area contributed by atoms with Crippen LogP contribution in [0.4, 0.5) is 0 Å². The van der Waals surface area contributed by atoms with Crippen molar-refractivity contribution in [2.45, 2.75) is 341 Å². The summed E-state index contributed by atoms with van der Waals surface area (Å²) < 4.78 is 67.7. The summed E-state index contributed by atoms with van der Waals surface area (Å²) in [6.07, 6.45) is 43.4. The number of ether oxygens (including phenoxy) is 4. The van der Waals surface area contributed by atoms with Crippen LogP contribution in [0.2, 0.25) is 0 Å². The summed E-state index contributed by atoms with van der Waals surface area (Å²) in [5, 5.41) is 10.5. The first kappa shape index (κ1) is 80.1. The zero-order chi connectivity index (χ0) is 60.5. The second-order valence-corrected chi connectivity index (χ2v) is 25.7. The molecule has 0 aliphatic heterocycles. The van der Waals surface area contributed by atoms with Crippen molar-refractivity contribution in [3.05, 3.63) is 0 Å². The van der Waals surface area contributed by atoms with Gasteiger partial charge in [0.05, 0.1) is 26.4 Å². The van der Waals surface area contributed by atoms with Crippen molar-refractivity contribution in [1.29, 1.82) is 0 Å². The van der Waals surface area contributed by atoms with E-state index in [1.807, 2.05) is 0 Å². The van der Waals surface area contributed by atoms with Crippen LogP contribution in [-0.2, 0) is 65.4 Å². The number of aliphatic hydroxyl groups excluding tert-OH is 1. The Morgan fingerprint density at radius 1 is 0.293 bits per heavy atom. The lowest BCUT2D eigenvalue weighted by atomic mass is 10.0. The molecule has 0 saturated carbocycles. The van der Waals surface area contributed by atoms with E-state index >= 15 is 0 Å². The Labute approximate surface area is 498 Å². The minimum atomic E-state index is -4.94. The normalized spacial score (nSPS) is 14.2. The number of hydrogen-bond acceptors (Lipinski definition) is 15. The third-order valence-corrected chi connectivity index (χ3v) is 16.5. The first-order valence-corrected chi connectivity index (χ1v) is 36.3. The molecule has 0 radical (unpaired) electrons. The lowest BCUT2D eigenvalue weighted by Gasteiger charge is -2.21. The summed E-state index contributed by atoms with van der Waals surface area (Å²) in [6.45, 7) is 4.79. The van der Waals surface area contributed by atoms with Gasteiger partial charge in [0.15, 0.2) is 12.2 Å². The molecule has 0 fully saturated rings. The van der Waals surface area contributed by atoms with Crippen LogP contribution in [0.15, 0.2) is 0 Å². The van der Waals surface area contributed by atoms with Gasteiger partial charge < -0.3 is 33.8 Å². The summed E-state index contributed by atoms with van der Waals surface area (Å²) in [6, 6.07) is 0. The van der Waals surface area contributed by atoms with Crippen molar-refractivity contribution < 1.29 is 80.2 Å². The van der Waals surface area contributed by atoms with Gasteiger partial charge in [0.25, 0.3) is 0 Å². The quantitative estimate of drug-likeness (QED) is 0.0222. The molecule has 0 rings (SSSR count). The van der Waals surface area contributed by atoms with E-state index in [1.54, 1.807) is 0 Å². The van der Waals surface area contributed by atoms with Crippen LogP contribution in [0.5, 0.6) is 0 Å². The van der Waals surface area contributed by atoms with E-state index in [9.17, 15) is 43.2 Å². The highest BCUT2D eigenvalue weighted by molar-refractivity contribution is 7.47. The molecule has 0 aliphatic carbocycles. The van der Waals surface area contributed by atoms with Crippen molar-refractivity contribution in [3.63, 3.8) is 0 Å². The fourth-order valence-electron chi connectivity index (χ4n) is 9.46. The van der Waals surface area contributed by atoms with Gasteiger partial charge in [0, 0.05) is 25.7 Å². The summed E-state index contributed by atoms with van der Waals surface area (Å²) in [5.74, 6) is -2.14. The third-order valence-electron chi connectivity index (χ3n) is 14.6. The van der Waals surface area contributed by atoms with E-state index in [1.165, 1.54) is 148 Å². The van der Waals surface area contributed by atoms with E-state index < -0.39 is 97.5 Å². The Bertz CT molecular complexity index is 1590. The fraction of sp³-hybridized carbons (Fsp3) is 0.937. The molecule has 486 valence electrons.